The van der Waals surface area contributed by atoms with Crippen LogP contribution in [0.2, 0.25) is 0 Å². The van der Waals surface area contributed by atoms with Gasteiger partial charge in [0.25, 0.3) is 0 Å². The quantitative estimate of drug-likeness (QED) is 0.625. The standard InChI is InChI=1S/C21H19NO2/c1-12(16-8-4-6-13-5-2-3-7-17(13)16)22-20(23)18-14-9-10-15(11-14)19(18)21(22)24/h2-10,12,14-15,18-19H,11H2,1H3/t12-,14-,15+,18-,19+/m1/s1. The average molecular weight is 317 g/mol. The molecule has 1 heterocycles. The lowest BCUT2D eigenvalue weighted by molar-refractivity contribution is -0.143. The maximum Gasteiger partial charge on any atom is 0.234 e. The second kappa shape index (κ2) is 4.79. The van der Waals surface area contributed by atoms with Gasteiger partial charge in [-0.25, -0.2) is 0 Å². The topological polar surface area (TPSA) is 37.4 Å². The van der Waals surface area contributed by atoms with Crippen LogP contribution in [0.1, 0.15) is 24.9 Å². The van der Waals surface area contributed by atoms with Crippen LogP contribution >= 0.6 is 0 Å². The summed E-state index contributed by atoms with van der Waals surface area (Å²) in [7, 11) is 0. The molecule has 1 saturated carbocycles. The summed E-state index contributed by atoms with van der Waals surface area (Å²) in [5.41, 5.74) is 1.05. The molecule has 3 nitrogen and oxygen atoms in total. The highest BCUT2D eigenvalue weighted by molar-refractivity contribution is 6.07. The third-order valence-corrected chi connectivity index (χ3v) is 6.17. The molecule has 0 unspecified atom stereocenters. The number of carbonyl (C=O) groups is 2. The molecule has 0 radical (unpaired) electrons. The number of hydrogen-bond acceptors (Lipinski definition) is 2. The van der Waals surface area contributed by atoms with Crippen LogP contribution in [0.3, 0.4) is 0 Å². The number of imide groups is 1. The molecule has 3 aliphatic rings. The van der Waals surface area contributed by atoms with Gasteiger partial charge in [0.15, 0.2) is 0 Å². The highest BCUT2D eigenvalue weighted by atomic mass is 16.2. The minimum Gasteiger partial charge on any atom is -0.275 e. The smallest absolute Gasteiger partial charge is 0.234 e. The number of allylic oxidation sites excluding steroid dienone is 2. The second-order valence-electron chi connectivity index (χ2n) is 7.29. The normalized spacial score (nSPS) is 32.0. The first-order valence-electron chi connectivity index (χ1n) is 8.69. The molecule has 0 spiro atoms. The van der Waals surface area contributed by atoms with Crippen molar-refractivity contribution in [2.45, 2.75) is 19.4 Å². The molecule has 24 heavy (non-hydrogen) atoms. The van der Waals surface area contributed by atoms with Crippen LogP contribution in [0.25, 0.3) is 10.8 Å². The van der Waals surface area contributed by atoms with Gasteiger partial charge in [-0.05, 0) is 41.5 Å². The summed E-state index contributed by atoms with van der Waals surface area (Å²) in [4.78, 5) is 27.6. The first-order valence-corrected chi connectivity index (χ1v) is 8.69. The molecule has 2 amide bonds. The maximum atomic E-state index is 13.0. The van der Waals surface area contributed by atoms with Gasteiger partial charge in [-0.3, -0.25) is 14.5 Å². The van der Waals surface area contributed by atoms with E-state index in [2.05, 4.69) is 30.4 Å². The van der Waals surface area contributed by atoms with Crippen molar-refractivity contribution in [3.63, 3.8) is 0 Å². The first kappa shape index (κ1) is 14.0. The Balaban J connectivity index is 1.57. The molecule has 1 aliphatic heterocycles. The molecule has 1 saturated heterocycles. The van der Waals surface area contributed by atoms with Crippen LogP contribution in [0.5, 0.6) is 0 Å². The Labute approximate surface area is 141 Å². The van der Waals surface area contributed by atoms with Crippen molar-refractivity contribution < 1.29 is 9.59 Å². The number of rotatable bonds is 2. The van der Waals surface area contributed by atoms with E-state index < -0.39 is 0 Å². The molecule has 5 rings (SSSR count). The summed E-state index contributed by atoms with van der Waals surface area (Å²) in [6.45, 7) is 1.98. The fraction of sp³-hybridized carbons (Fsp3) is 0.333. The summed E-state index contributed by atoms with van der Waals surface area (Å²) < 4.78 is 0. The van der Waals surface area contributed by atoms with Crippen LogP contribution in [0.4, 0.5) is 0 Å². The minimum absolute atomic E-state index is 0.0299. The van der Waals surface area contributed by atoms with Crippen LogP contribution in [-0.4, -0.2) is 16.7 Å². The van der Waals surface area contributed by atoms with E-state index in [1.807, 2.05) is 31.2 Å². The highest BCUT2D eigenvalue weighted by Crippen LogP contribution is 2.53. The van der Waals surface area contributed by atoms with Crippen molar-refractivity contribution >= 4 is 22.6 Å². The van der Waals surface area contributed by atoms with Crippen molar-refractivity contribution in [3.05, 3.63) is 60.2 Å². The van der Waals surface area contributed by atoms with E-state index in [4.69, 9.17) is 0 Å². The predicted octanol–water partition coefficient (Wildman–Crippen LogP) is 3.71. The van der Waals surface area contributed by atoms with Crippen molar-refractivity contribution in [3.8, 4) is 0 Å². The van der Waals surface area contributed by atoms with Crippen molar-refractivity contribution in [2.75, 3.05) is 0 Å². The van der Waals surface area contributed by atoms with Gasteiger partial charge in [-0.1, -0.05) is 54.6 Å². The lowest BCUT2D eigenvalue weighted by Crippen LogP contribution is -2.35. The highest BCUT2D eigenvalue weighted by Gasteiger charge is 2.60. The number of amides is 2. The molecule has 0 N–H and O–H groups in total. The van der Waals surface area contributed by atoms with Crippen LogP contribution in [-0.2, 0) is 9.59 Å². The zero-order valence-corrected chi connectivity index (χ0v) is 13.6. The Kier molecular flexibility index (Phi) is 2.79. The molecule has 5 atom stereocenters. The van der Waals surface area contributed by atoms with Crippen LogP contribution in [0, 0.1) is 23.7 Å². The molecular formula is C21H19NO2. The Hall–Kier alpha value is -2.42. The predicted molar refractivity (Wildman–Crippen MR) is 91.9 cm³/mol. The first-order chi connectivity index (χ1) is 11.7. The van der Waals surface area contributed by atoms with Gasteiger partial charge in [0.05, 0.1) is 17.9 Å². The molecule has 3 heteroatoms. The zero-order valence-electron chi connectivity index (χ0n) is 13.6. The molecule has 2 aliphatic carbocycles. The third-order valence-electron chi connectivity index (χ3n) is 6.17. The average Bonchev–Trinajstić information content (AvgIpc) is 3.28. The summed E-state index contributed by atoms with van der Waals surface area (Å²) >= 11 is 0. The SMILES string of the molecule is C[C@H](c1cccc2ccccc12)N1C(=O)[C@@H]2[C@H](C1=O)[C@@H]1C=C[C@H]2C1. The Morgan fingerprint density at radius 3 is 2.25 bits per heavy atom. The fourth-order valence-electron chi connectivity index (χ4n) is 5.06. The maximum absolute atomic E-state index is 13.0. The number of benzene rings is 2. The molecule has 2 aromatic rings. The van der Waals surface area contributed by atoms with Crippen molar-refractivity contribution in [1.29, 1.82) is 0 Å². The monoisotopic (exact) mass is 317 g/mol. The van der Waals surface area contributed by atoms with Gasteiger partial charge in [0.1, 0.15) is 0 Å². The number of likely N-dealkylation sites (tertiary alicyclic amines) is 1. The van der Waals surface area contributed by atoms with E-state index in [9.17, 15) is 9.59 Å². The zero-order chi connectivity index (χ0) is 16.4. The van der Waals surface area contributed by atoms with Crippen molar-refractivity contribution in [2.24, 2.45) is 23.7 Å². The molecule has 2 aromatic carbocycles. The van der Waals surface area contributed by atoms with E-state index >= 15 is 0 Å². The van der Waals surface area contributed by atoms with E-state index in [0.29, 0.717) is 0 Å². The van der Waals surface area contributed by atoms with Crippen LogP contribution in [0.15, 0.2) is 54.6 Å². The molecule has 120 valence electrons. The largest absolute Gasteiger partial charge is 0.275 e. The van der Waals surface area contributed by atoms with E-state index in [-0.39, 0.29) is 41.5 Å². The second-order valence-corrected chi connectivity index (χ2v) is 7.29. The summed E-state index contributed by atoms with van der Waals surface area (Å²) in [6.07, 6.45) is 5.26. The van der Waals surface area contributed by atoms with E-state index in [0.717, 1.165) is 22.8 Å². The van der Waals surface area contributed by atoms with Gasteiger partial charge in [0.2, 0.25) is 11.8 Å². The summed E-state index contributed by atoms with van der Waals surface area (Å²) in [5.74, 6) is 0.349. The third kappa shape index (κ3) is 1.67. The lowest BCUT2D eigenvalue weighted by atomic mass is 9.85. The van der Waals surface area contributed by atoms with Gasteiger partial charge < -0.3 is 0 Å². The number of hydrogen-bond donors (Lipinski definition) is 0. The Morgan fingerprint density at radius 2 is 1.54 bits per heavy atom. The number of fused-ring (bicyclic) bond motifs is 6. The van der Waals surface area contributed by atoms with Crippen molar-refractivity contribution in [1.82, 2.24) is 4.90 Å². The molecule has 0 aromatic heterocycles. The number of nitrogens with zero attached hydrogens (tertiary/aromatic N) is 1. The van der Waals surface area contributed by atoms with E-state index in [1.54, 1.807) is 4.90 Å². The Morgan fingerprint density at radius 1 is 0.917 bits per heavy atom. The van der Waals surface area contributed by atoms with Crippen LogP contribution < -0.4 is 0 Å². The van der Waals surface area contributed by atoms with Gasteiger partial charge >= 0.3 is 0 Å². The van der Waals surface area contributed by atoms with Gasteiger partial charge in [-0.2, -0.15) is 0 Å². The van der Waals surface area contributed by atoms with E-state index in [1.165, 1.54) is 0 Å². The number of carbonyl (C=O) groups excluding carboxylic acids is 2. The molecular weight excluding hydrogens is 298 g/mol. The van der Waals surface area contributed by atoms with Gasteiger partial charge in [-0.15, -0.1) is 0 Å². The Bertz CT molecular complexity index is 864. The minimum atomic E-state index is -0.221. The summed E-state index contributed by atoms with van der Waals surface area (Å²) in [5, 5.41) is 2.26. The molecule has 2 fully saturated rings. The fourth-order valence-corrected chi connectivity index (χ4v) is 5.06. The lowest BCUT2D eigenvalue weighted by Gasteiger charge is -2.26. The summed E-state index contributed by atoms with van der Waals surface area (Å²) in [6, 6.07) is 14.0. The molecule has 2 bridgehead atoms. The van der Waals surface area contributed by atoms with Gasteiger partial charge in [0, 0.05) is 0 Å².